The van der Waals surface area contributed by atoms with E-state index in [0.717, 1.165) is 35.9 Å². The SMILES string of the molecule is Nc1ccc(N=Nc2ccc(S(=O)(=O)O)cc2)c(N=Nc2c(S(=O)(=O)O)cc3c(c2N)C(=O)/C(=N/Nc2ccc(-c4ccc(N/N=C5/C=CC(=O)C(C(=O)O)=C5)cc4)cc2)C(S(=O)(=O)O)=C3)c1. The molecule has 5 aromatic carbocycles. The predicted octanol–water partition coefficient (Wildman–Crippen LogP) is 6.65. The first-order valence-corrected chi connectivity index (χ1v) is 22.9. The maximum atomic E-state index is 14.1. The number of nitrogens with zero attached hydrogens (tertiary/aromatic N) is 6. The van der Waals surface area contributed by atoms with Crippen LogP contribution < -0.4 is 22.3 Å². The second kappa shape index (κ2) is 18.2. The van der Waals surface area contributed by atoms with E-state index in [-0.39, 0.29) is 34.1 Å². The molecule has 0 saturated heterocycles. The van der Waals surface area contributed by atoms with E-state index in [1.54, 1.807) is 36.4 Å². The van der Waals surface area contributed by atoms with Crippen LogP contribution in [0, 0.1) is 0 Å². The number of hydrazone groups is 2. The summed E-state index contributed by atoms with van der Waals surface area (Å²) in [6.07, 6.45) is 4.33. The van der Waals surface area contributed by atoms with Gasteiger partial charge in [-0.05, 0) is 114 Å². The molecule has 0 unspecified atom stereocenters. The van der Waals surface area contributed by atoms with Crippen molar-refractivity contribution in [2.75, 3.05) is 22.3 Å². The van der Waals surface area contributed by atoms with Gasteiger partial charge in [0, 0.05) is 5.69 Å². The van der Waals surface area contributed by atoms with Gasteiger partial charge in [-0.15, -0.1) is 15.3 Å². The van der Waals surface area contributed by atoms with E-state index < -0.39 is 96.4 Å². The number of nitrogens with two attached hydrogens (primary N) is 2. The van der Waals surface area contributed by atoms with Crippen molar-refractivity contribution < 1.29 is 58.4 Å². The molecule has 0 aromatic heterocycles. The minimum absolute atomic E-state index is 0.0182. The molecule has 0 atom stereocenters. The lowest BCUT2D eigenvalue weighted by Crippen LogP contribution is -2.28. The zero-order valence-corrected chi connectivity index (χ0v) is 36.0. The monoisotopic (exact) mass is 966 g/mol. The minimum atomic E-state index is -5.24. The fourth-order valence-corrected chi connectivity index (χ4v) is 7.99. The number of carbonyl (C=O) groups is 3. The third kappa shape index (κ3) is 10.6. The van der Waals surface area contributed by atoms with E-state index in [1.807, 2.05) is 0 Å². The Kier molecular flexibility index (Phi) is 12.7. The van der Waals surface area contributed by atoms with E-state index in [9.17, 15) is 58.4 Å². The smallest absolute Gasteiger partial charge is 0.339 e. The van der Waals surface area contributed by atoms with Crippen molar-refractivity contribution in [3.63, 3.8) is 0 Å². The number of allylic oxidation sites excluding steroid dienone is 4. The van der Waals surface area contributed by atoms with Gasteiger partial charge in [0.2, 0.25) is 5.78 Å². The molecule has 26 heteroatoms. The van der Waals surface area contributed by atoms with Gasteiger partial charge in [-0.3, -0.25) is 34.1 Å². The Labute approximate surface area is 378 Å². The number of hydrogen-bond donors (Lipinski definition) is 8. The highest BCUT2D eigenvalue weighted by Gasteiger charge is 2.37. The van der Waals surface area contributed by atoms with Gasteiger partial charge in [0.25, 0.3) is 30.4 Å². The van der Waals surface area contributed by atoms with Crippen molar-refractivity contribution in [2.45, 2.75) is 9.79 Å². The maximum Gasteiger partial charge on any atom is 0.339 e. The second-order valence-corrected chi connectivity index (χ2v) is 18.1. The zero-order valence-electron chi connectivity index (χ0n) is 33.6. The lowest BCUT2D eigenvalue weighted by Gasteiger charge is -2.20. The topological polar surface area (TPSA) is 385 Å². The van der Waals surface area contributed by atoms with Gasteiger partial charge >= 0.3 is 5.97 Å². The first kappa shape index (κ1) is 46.6. The standard InChI is InChI=1S/C41H30N10O13S3/c42-24-5-15-31(48-45-27-10-13-29(14-11-27)65(56,57)58)32(19-24)49-50-38-34(66(59,60)61)17-23-18-35(67(62,63)64)39(40(53)36(23)37(38)43)51-46-26-8-3-22(4-9-26)21-1-6-25(7-2-21)44-47-28-12-16-33(52)30(20-28)41(54)55/h1-20,44,46H,42-43H2,(H,54,55)(H,56,57,58)(H,59,60,61)(H,62,63,64)/b47-28-,48-45?,50-49?,51-39+. The molecule has 340 valence electrons. The van der Waals surface area contributed by atoms with Crippen LogP contribution in [0.3, 0.4) is 0 Å². The average Bonchev–Trinajstić information content (AvgIpc) is 3.27. The fraction of sp³-hybridized carbons (Fsp3) is 0. The Morgan fingerprint density at radius 3 is 1.78 bits per heavy atom. The van der Waals surface area contributed by atoms with Crippen LogP contribution in [0.15, 0.2) is 166 Å². The molecule has 10 N–H and O–H groups in total. The normalized spacial score (nSPS) is 15.5. The molecule has 0 bridgehead atoms. The van der Waals surface area contributed by atoms with Crippen LogP contribution in [0.4, 0.5) is 45.5 Å². The number of azo groups is 2. The third-order valence-electron chi connectivity index (χ3n) is 9.42. The Morgan fingerprint density at radius 2 is 1.21 bits per heavy atom. The summed E-state index contributed by atoms with van der Waals surface area (Å²) in [5, 5.41) is 33.2. The molecule has 67 heavy (non-hydrogen) atoms. The van der Waals surface area contributed by atoms with E-state index in [0.29, 0.717) is 17.3 Å². The maximum absolute atomic E-state index is 14.1. The van der Waals surface area contributed by atoms with Gasteiger partial charge in [-0.1, -0.05) is 24.3 Å². The van der Waals surface area contributed by atoms with Crippen molar-refractivity contribution in [3.8, 4) is 11.1 Å². The number of fused-ring (bicyclic) bond motifs is 1. The van der Waals surface area contributed by atoms with Gasteiger partial charge in [-0.2, -0.15) is 40.6 Å². The van der Waals surface area contributed by atoms with Crippen molar-refractivity contribution in [1.29, 1.82) is 0 Å². The lowest BCUT2D eigenvalue weighted by atomic mass is 9.92. The van der Waals surface area contributed by atoms with Crippen LogP contribution in [0.2, 0.25) is 0 Å². The third-order valence-corrected chi connectivity index (χ3v) is 12.0. The summed E-state index contributed by atoms with van der Waals surface area (Å²) in [6, 6.07) is 22.6. The molecular weight excluding hydrogens is 937 g/mol. The van der Waals surface area contributed by atoms with E-state index in [4.69, 9.17) is 11.5 Å². The molecule has 2 aliphatic carbocycles. The Balaban J connectivity index is 1.15. The summed E-state index contributed by atoms with van der Waals surface area (Å²) < 4.78 is 103. The number of nitrogens with one attached hydrogen (secondary N) is 2. The van der Waals surface area contributed by atoms with Crippen LogP contribution in [0.1, 0.15) is 15.9 Å². The van der Waals surface area contributed by atoms with Crippen LogP contribution in [0.25, 0.3) is 17.2 Å². The second-order valence-electron chi connectivity index (χ2n) is 13.9. The van der Waals surface area contributed by atoms with E-state index >= 15 is 0 Å². The molecule has 0 fully saturated rings. The van der Waals surface area contributed by atoms with Crippen LogP contribution >= 0.6 is 0 Å². The number of carboxylic acids is 1. The number of carbonyl (C=O) groups excluding carboxylic acids is 2. The number of ketones is 2. The van der Waals surface area contributed by atoms with Crippen molar-refractivity contribution in [3.05, 3.63) is 137 Å². The molecule has 0 heterocycles. The summed E-state index contributed by atoms with van der Waals surface area (Å²) in [4.78, 5) is 34.6. The predicted molar refractivity (Wildman–Crippen MR) is 244 cm³/mol. The van der Waals surface area contributed by atoms with Crippen LogP contribution in [-0.2, 0) is 39.9 Å². The first-order valence-electron chi connectivity index (χ1n) is 18.6. The summed E-state index contributed by atoms with van der Waals surface area (Å²) in [6.45, 7) is 0. The molecule has 23 nitrogen and oxygen atoms in total. The number of Topliss-reactive ketones (excluding diaryl/α,β-unsaturated/α-hetero) is 1. The van der Waals surface area contributed by atoms with Gasteiger partial charge in [0.1, 0.15) is 32.4 Å². The van der Waals surface area contributed by atoms with Crippen molar-refractivity contribution >= 4 is 111 Å². The molecule has 0 radical (unpaired) electrons. The Hall–Kier alpha value is -8.40. The molecule has 5 aromatic rings. The summed E-state index contributed by atoms with van der Waals surface area (Å²) in [7, 11) is -14.9. The first-order chi connectivity index (χ1) is 31.6. The van der Waals surface area contributed by atoms with E-state index in [2.05, 4.69) is 41.5 Å². The largest absolute Gasteiger partial charge is 0.478 e. The van der Waals surface area contributed by atoms with Gasteiger partial charge in [0.05, 0.1) is 38.9 Å². The number of anilines is 4. The highest BCUT2D eigenvalue weighted by Crippen LogP contribution is 2.42. The van der Waals surface area contributed by atoms with Crippen LogP contribution in [0.5, 0.6) is 0 Å². The number of aliphatic carboxylic acids is 1. The number of hydrogen-bond acceptors (Lipinski definition) is 19. The van der Waals surface area contributed by atoms with Gasteiger partial charge in [-0.25, -0.2) is 4.79 Å². The molecule has 0 spiro atoms. The summed E-state index contributed by atoms with van der Waals surface area (Å²) in [5.74, 6) is -3.24. The zero-order chi connectivity index (χ0) is 48.4. The molecule has 2 aliphatic rings. The summed E-state index contributed by atoms with van der Waals surface area (Å²) >= 11 is 0. The molecule has 7 rings (SSSR count). The molecular formula is C41H30N10O13S3. The lowest BCUT2D eigenvalue weighted by molar-refractivity contribution is -0.134. The quantitative estimate of drug-likeness (QED) is 0.0153. The highest BCUT2D eigenvalue weighted by molar-refractivity contribution is 7.91. The van der Waals surface area contributed by atoms with E-state index in [1.165, 1.54) is 48.5 Å². The Bertz CT molecular complexity index is 3500. The number of carboxylic acid groups (broad SMARTS) is 1. The van der Waals surface area contributed by atoms with Gasteiger partial charge < -0.3 is 16.6 Å². The number of rotatable bonds is 13. The fourth-order valence-electron chi connectivity index (χ4n) is 6.18. The van der Waals surface area contributed by atoms with Crippen molar-refractivity contribution in [2.24, 2.45) is 30.7 Å². The summed E-state index contributed by atoms with van der Waals surface area (Å²) in [5.41, 5.74) is 16.4. The number of nitrogen functional groups attached to an aromatic ring is 2. The Morgan fingerprint density at radius 1 is 0.612 bits per heavy atom. The average molecular weight is 967 g/mol. The molecule has 0 amide bonds. The molecule has 0 aliphatic heterocycles. The van der Waals surface area contributed by atoms with Crippen molar-refractivity contribution in [1.82, 2.24) is 0 Å². The highest BCUT2D eigenvalue weighted by atomic mass is 32.2. The molecule has 0 saturated carbocycles. The van der Waals surface area contributed by atoms with Crippen LogP contribution in [-0.4, -0.2) is 73.0 Å². The number of benzene rings is 5. The minimum Gasteiger partial charge on any atom is -0.478 e. The van der Waals surface area contributed by atoms with Gasteiger partial charge in [0.15, 0.2) is 11.5 Å².